The van der Waals surface area contributed by atoms with E-state index in [-0.39, 0.29) is 41.3 Å². The number of carbonyl (C=O) groups excluding carboxylic acids is 1. The summed E-state index contributed by atoms with van der Waals surface area (Å²) >= 11 is 0. The molecule has 2 aliphatic rings. The highest BCUT2D eigenvalue weighted by Gasteiger charge is 2.40. The molecule has 2 aliphatic heterocycles. The van der Waals surface area contributed by atoms with Crippen molar-refractivity contribution in [2.75, 3.05) is 13.1 Å². The number of nitrogens with one attached hydrogen (secondary N) is 1. The lowest BCUT2D eigenvalue weighted by Gasteiger charge is -2.28. The first-order valence-electron chi connectivity index (χ1n) is 7.47. The molecule has 23 heavy (non-hydrogen) atoms. The van der Waals surface area contributed by atoms with Gasteiger partial charge < -0.3 is 10.2 Å². The van der Waals surface area contributed by atoms with Crippen molar-refractivity contribution in [3.05, 3.63) is 39.2 Å². The first-order chi connectivity index (χ1) is 10.5. The summed E-state index contributed by atoms with van der Waals surface area (Å²) in [5.41, 5.74) is -0.252. The zero-order valence-corrected chi connectivity index (χ0v) is 13.6. The van der Waals surface area contributed by atoms with E-state index < -0.39 is 16.6 Å². The smallest absolute Gasteiger partial charge is 0.285 e. The van der Waals surface area contributed by atoms with Gasteiger partial charge in [0.25, 0.3) is 11.6 Å². The Morgan fingerprint density at radius 3 is 2.74 bits per heavy atom. The van der Waals surface area contributed by atoms with Gasteiger partial charge in [-0.1, -0.05) is 0 Å². The van der Waals surface area contributed by atoms with Crippen molar-refractivity contribution in [3.8, 4) is 0 Å². The maximum Gasteiger partial charge on any atom is 0.285 e. The van der Waals surface area contributed by atoms with Gasteiger partial charge in [-0.25, -0.2) is 4.39 Å². The number of nitro groups is 1. The van der Waals surface area contributed by atoms with Gasteiger partial charge in [0, 0.05) is 24.2 Å². The molecule has 6 nitrogen and oxygen atoms in total. The molecule has 2 fully saturated rings. The Morgan fingerprint density at radius 1 is 1.35 bits per heavy atom. The maximum atomic E-state index is 13.7. The highest BCUT2D eigenvalue weighted by Crippen LogP contribution is 2.33. The normalized spacial score (nSPS) is 23.1. The van der Waals surface area contributed by atoms with Crippen molar-refractivity contribution in [3.63, 3.8) is 0 Å². The van der Waals surface area contributed by atoms with Crippen LogP contribution in [0.5, 0.6) is 0 Å². The lowest BCUT2D eigenvalue weighted by atomic mass is 10.1. The molecule has 0 saturated carbocycles. The second-order valence-corrected chi connectivity index (χ2v) is 5.97. The van der Waals surface area contributed by atoms with Crippen molar-refractivity contribution in [2.45, 2.75) is 38.3 Å². The number of nitro benzene ring substituents is 1. The Labute approximate surface area is 139 Å². The lowest BCUT2D eigenvalue weighted by molar-refractivity contribution is -0.385. The average Bonchev–Trinajstić information content (AvgIpc) is 2.69. The quantitative estimate of drug-likeness (QED) is 0.661. The minimum absolute atomic E-state index is 0. The van der Waals surface area contributed by atoms with Gasteiger partial charge in [0.2, 0.25) is 0 Å². The Morgan fingerprint density at radius 2 is 2.04 bits per heavy atom. The molecule has 2 heterocycles. The molecule has 8 heteroatoms. The Balaban J connectivity index is 0.00000192. The van der Waals surface area contributed by atoms with Crippen LogP contribution in [0.15, 0.2) is 12.1 Å². The number of amides is 1. The van der Waals surface area contributed by atoms with E-state index in [0.29, 0.717) is 6.54 Å². The number of rotatable bonds is 2. The van der Waals surface area contributed by atoms with Gasteiger partial charge in [-0.3, -0.25) is 14.9 Å². The molecule has 2 unspecified atom stereocenters. The van der Waals surface area contributed by atoms with Crippen LogP contribution in [0.4, 0.5) is 10.1 Å². The summed E-state index contributed by atoms with van der Waals surface area (Å²) in [7, 11) is 0. The number of halogens is 2. The topological polar surface area (TPSA) is 75.5 Å². The fourth-order valence-electron chi connectivity index (χ4n) is 3.59. The molecule has 2 saturated heterocycles. The largest absolute Gasteiger partial charge is 0.331 e. The lowest BCUT2D eigenvalue weighted by Crippen LogP contribution is -2.42. The Bertz CT molecular complexity index is 627. The van der Waals surface area contributed by atoms with E-state index in [1.807, 2.05) is 0 Å². The van der Waals surface area contributed by atoms with Crippen molar-refractivity contribution < 1.29 is 14.1 Å². The number of nitrogens with zero attached hydrogens (tertiary/aromatic N) is 2. The molecule has 0 aliphatic carbocycles. The van der Waals surface area contributed by atoms with E-state index in [1.54, 1.807) is 4.90 Å². The highest BCUT2D eigenvalue weighted by molar-refractivity contribution is 5.99. The van der Waals surface area contributed by atoms with Crippen molar-refractivity contribution >= 4 is 24.0 Å². The molecule has 1 aromatic carbocycles. The van der Waals surface area contributed by atoms with Crippen molar-refractivity contribution in [1.82, 2.24) is 10.2 Å². The van der Waals surface area contributed by atoms with E-state index >= 15 is 0 Å². The molecule has 126 valence electrons. The molecule has 2 bridgehead atoms. The summed E-state index contributed by atoms with van der Waals surface area (Å²) in [6.45, 7) is 2.97. The molecule has 0 radical (unpaired) electrons. The van der Waals surface area contributed by atoms with Gasteiger partial charge in [-0.2, -0.15) is 0 Å². The predicted octanol–water partition coefficient (Wildman–Crippen LogP) is 2.43. The summed E-state index contributed by atoms with van der Waals surface area (Å²) in [6.07, 6.45) is 2.61. The van der Waals surface area contributed by atoms with E-state index in [1.165, 1.54) is 6.92 Å². The van der Waals surface area contributed by atoms with Crippen LogP contribution < -0.4 is 5.32 Å². The van der Waals surface area contributed by atoms with Crippen LogP contribution in [-0.2, 0) is 0 Å². The van der Waals surface area contributed by atoms with Crippen LogP contribution in [0.2, 0.25) is 0 Å². The minimum Gasteiger partial charge on any atom is -0.331 e. The SMILES string of the molecule is Cc1cc(F)cc(C(=O)N2C3CCNCC2CC3)c1[N+](=O)[O-].Cl. The zero-order chi connectivity index (χ0) is 15.9. The van der Waals surface area contributed by atoms with Crippen LogP contribution in [0.25, 0.3) is 0 Å². The molecule has 2 atom stereocenters. The van der Waals surface area contributed by atoms with Gasteiger partial charge in [0.1, 0.15) is 11.4 Å². The highest BCUT2D eigenvalue weighted by atomic mass is 35.5. The van der Waals surface area contributed by atoms with Crippen LogP contribution in [0.3, 0.4) is 0 Å². The summed E-state index contributed by atoms with van der Waals surface area (Å²) in [6, 6.07) is 2.19. The van der Waals surface area contributed by atoms with Crippen LogP contribution in [-0.4, -0.2) is 40.9 Å². The zero-order valence-electron chi connectivity index (χ0n) is 12.8. The van der Waals surface area contributed by atoms with Gasteiger partial charge in [0.15, 0.2) is 0 Å². The fraction of sp³-hybridized carbons (Fsp3) is 0.533. The van der Waals surface area contributed by atoms with Crippen LogP contribution in [0.1, 0.15) is 35.2 Å². The first kappa shape index (κ1) is 17.6. The second-order valence-electron chi connectivity index (χ2n) is 5.97. The maximum absolute atomic E-state index is 13.7. The first-order valence-corrected chi connectivity index (χ1v) is 7.47. The number of hydrogen-bond acceptors (Lipinski definition) is 4. The number of benzene rings is 1. The van der Waals surface area contributed by atoms with E-state index in [4.69, 9.17) is 0 Å². The van der Waals surface area contributed by atoms with Crippen molar-refractivity contribution in [2.24, 2.45) is 0 Å². The molecule has 1 aromatic rings. The Hall–Kier alpha value is -1.73. The summed E-state index contributed by atoms with van der Waals surface area (Å²) in [5.74, 6) is -1.04. The second kappa shape index (κ2) is 6.80. The molecule has 1 N–H and O–H groups in total. The van der Waals surface area contributed by atoms with E-state index in [0.717, 1.165) is 37.9 Å². The number of fused-ring (bicyclic) bond motifs is 2. The third kappa shape index (κ3) is 3.16. The third-order valence-corrected chi connectivity index (χ3v) is 4.57. The van der Waals surface area contributed by atoms with Crippen LogP contribution >= 0.6 is 12.4 Å². The molecule has 0 spiro atoms. The van der Waals surface area contributed by atoms with Crippen molar-refractivity contribution in [1.29, 1.82) is 0 Å². The average molecular weight is 344 g/mol. The number of aryl methyl sites for hydroxylation is 1. The summed E-state index contributed by atoms with van der Waals surface area (Å²) in [4.78, 5) is 25.3. The summed E-state index contributed by atoms with van der Waals surface area (Å²) in [5, 5.41) is 14.6. The molecule has 1 amide bonds. The number of hydrogen-bond donors (Lipinski definition) is 1. The number of carbonyl (C=O) groups is 1. The van der Waals surface area contributed by atoms with Gasteiger partial charge in [-0.15, -0.1) is 12.4 Å². The summed E-state index contributed by atoms with van der Waals surface area (Å²) < 4.78 is 13.7. The van der Waals surface area contributed by atoms with E-state index in [2.05, 4.69) is 5.32 Å². The molecule has 0 aromatic heterocycles. The Kier molecular flexibility index (Phi) is 5.21. The monoisotopic (exact) mass is 343 g/mol. The van der Waals surface area contributed by atoms with Gasteiger partial charge >= 0.3 is 0 Å². The third-order valence-electron chi connectivity index (χ3n) is 4.57. The van der Waals surface area contributed by atoms with E-state index in [9.17, 15) is 19.3 Å². The molecular formula is C15H19ClFN3O3. The predicted molar refractivity (Wildman–Crippen MR) is 85.5 cm³/mol. The molecular weight excluding hydrogens is 325 g/mol. The fourth-order valence-corrected chi connectivity index (χ4v) is 3.59. The molecule has 3 rings (SSSR count). The minimum atomic E-state index is -0.619. The van der Waals surface area contributed by atoms with Gasteiger partial charge in [0.05, 0.1) is 4.92 Å². The standard InChI is InChI=1S/C15H18FN3O3.ClH/c1-9-6-10(16)7-13(14(9)19(21)22)15(20)18-11-2-3-12(18)8-17-5-4-11;/h6-7,11-12,17H,2-5,8H2,1H3;1H. The van der Waals surface area contributed by atoms with Crippen LogP contribution in [0, 0.1) is 22.9 Å². The van der Waals surface area contributed by atoms with Gasteiger partial charge in [-0.05, 0) is 44.9 Å².